The third-order valence-corrected chi connectivity index (χ3v) is 5.83. The number of thiocarbonyl (C=S) groups is 1. The maximum absolute atomic E-state index is 12.6. The van der Waals surface area contributed by atoms with Gasteiger partial charge < -0.3 is 14.4 Å². The Hall–Kier alpha value is -1.99. The molecule has 3 rings (SSSR count). The largest absolute Gasteiger partial charge is 0.496 e. The van der Waals surface area contributed by atoms with Crippen molar-refractivity contribution in [2.45, 2.75) is 12.8 Å². The van der Waals surface area contributed by atoms with Crippen LogP contribution in [0.15, 0.2) is 29.7 Å². The van der Waals surface area contributed by atoms with E-state index in [2.05, 4.69) is 11.5 Å². The van der Waals surface area contributed by atoms with E-state index in [0.29, 0.717) is 21.5 Å². The summed E-state index contributed by atoms with van der Waals surface area (Å²) in [6.45, 7) is 6.12. The highest BCUT2D eigenvalue weighted by molar-refractivity contribution is 8.26. The van der Waals surface area contributed by atoms with E-state index in [1.54, 1.807) is 25.2 Å². The van der Waals surface area contributed by atoms with Crippen LogP contribution in [0.2, 0.25) is 0 Å². The maximum Gasteiger partial charge on any atom is 0.266 e. The van der Waals surface area contributed by atoms with Crippen molar-refractivity contribution in [3.05, 3.63) is 35.3 Å². The lowest BCUT2D eigenvalue weighted by atomic mass is 10.1. The SMILES string of the molecule is C=CCN1C(=O)/C(=C/c2cc(OC)c(N3CCCC3)cc2OC)SC1=S. The lowest BCUT2D eigenvalue weighted by molar-refractivity contribution is -0.121. The molecular formula is C19H22N2O3S2. The van der Waals surface area contributed by atoms with Gasteiger partial charge in [0.15, 0.2) is 0 Å². The summed E-state index contributed by atoms with van der Waals surface area (Å²) in [6, 6.07) is 3.91. The fourth-order valence-electron chi connectivity index (χ4n) is 3.15. The van der Waals surface area contributed by atoms with Gasteiger partial charge in [0.1, 0.15) is 15.8 Å². The zero-order chi connectivity index (χ0) is 18.7. The molecule has 0 unspecified atom stereocenters. The normalized spacial score (nSPS) is 18.8. The summed E-state index contributed by atoms with van der Waals surface area (Å²) in [7, 11) is 3.30. The van der Waals surface area contributed by atoms with Crippen LogP contribution < -0.4 is 14.4 Å². The lowest BCUT2D eigenvalue weighted by Gasteiger charge is -2.22. The molecule has 5 nitrogen and oxygen atoms in total. The highest BCUT2D eigenvalue weighted by Gasteiger charge is 2.31. The molecule has 2 heterocycles. The zero-order valence-corrected chi connectivity index (χ0v) is 16.6. The Labute approximate surface area is 163 Å². The van der Waals surface area contributed by atoms with Crippen LogP contribution in [0.3, 0.4) is 0 Å². The van der Waals surface area contributed by atoms with Crippen LogP contribution >= 0.6 is 24.0 Å². The van der Waals surface area contributed by atoms with Gasteiger partial charge in [-0.15, -0.1) is 6.58 Å². The molecule has 0 spiro atoms. The van der Waals surface area contributed by atoms with Gasteiger partial charge >= 0.3 is 0 Å². The number of nitrogens with zero attached hydrogens (tertiary/aromatic N) is 2. The second-order valence-electron chi connectivity index (χ2n) is 6.04. The summed E-state index contributed by atoms with van der Waals surface area (Å²) in [5, 5.41) is 0. The number of ether oxygens (including phenoxy) is 2. The molecule has 7 heteroatoms. The summed E-state index contributed by atoms with van der Waals surface area (Å²) in [5.41, 5.74) is 1.82. The Kier molecular flexibility index (Phi) is 5.88. The molecule has 0 aliphatic carbocycles. The fourth-order valence-corrected chi connectivity index (χ4v) is 4.42. The number of hydrogen-bond acceptors (Lipinski definition) is 6. The van der Waals surface area contributed by atoms with E-state index in [0.717, 1.165) is 30.1 Å². The minimum atomic E-state index is -0.107. The minimum Gasteiger partial charge on any atom is -0.496 e. The average molecular weight is 391 g/mol. The Bertz CT molecular complexity index is 770. The van der Waals surface area contributed by atoms with Crippen LogP contribution in [0.25, 0.3) is 6.08 Å². The summed E-state index contributed by atoms with van der Waals surface area (Å²) < 4.78 is 11.7. The second kappa shape index (κ2) is 8.14. The molecule has 1 aromatic rings. The first-order chi connectivity index (χ1) is 12.6. The predicted molar refractivity (Wildman–Crippen MR) is 111 cm³/mol. The maximum atomic E-state index is 12.6. The van der Waals surface area contributed by atoms with Gasteiger partial charge in [0.05, 0.1) is 24.8 Å². The van der Waals surface area contributed by atoms with Crippen LogP contribution in [-0.4, -0.2) is 49.0 Å². The molecular weight excluding hydrogens is 368 g/mol. The number of rotatable bonds is 6. The molecule has 0 saturated carbocycles. The number of carbonyl (C=O) groups excluding carboxylic acids is 1. The van der Waals surface area contributed by atoms with Crippen molar-refractivity contribution in [3.8, 4) is 11.5 Å². The first kappa shape index (κ1) is 18.8. The van der Waals surface area contributed by atoms with E-state index in [1.807, 2.05) is 18.2 Å². The van der Waals surface area contributed by atoms with Gasteiger partial charge in [-0.25, -0.2) is 0 Å². The first-order valence-electron chi connectivity index (χ1n) is 8.46. The minimum absolute atomic E-state index is 0.107. The molecule has 2 aliphatic heterocycles. The summed E-state index contributed by atoms with van der Waals surface area (Å²) in [4.78, 5) is 17.0. The molecule has 138 valence electrons. The van der Waals surface area contributed by atoms with Gasteiger partial charge in [-0.3, -0.25) is 9.69 Å². The molecule has 0 radical (unpaired) electrons. The highest BCUT2D eigenvalue weighted by Crippen LogP contribution is 2.40. The topological polar surface area (TPSA) is 42.0 Å². The van der Waals surface area contributed by atoms with E-state index in [-0.39, 0.29) is 5.91 Å². The highest BCUT2D eigenvalue weighted by atomic mass is 32.2. The molecule has 1 aromatic carbocycles. The van der Waals surface area contributed by atoms with Gasteiger partial charge in [0.2, 0.25) is 0 Å². The van der Waals surface area contributed by atoms with E-state index in [9.17, 15) is 4.79 Å². The average Bonchev–Trinajstić information content (AvgIpc) is 3.26. The summed E-state index contributed by atoms with van der Waals surface area (Å²) >= 11 is 6.59. The van der Waals surface area contributed by atoms with Crippen molar-refractivity contribution in [2.75, 3.05) is 38.8 Å². The van der Waals surface area contributed by atoms with Gasteiger partial charge in [0, 0.05) is 31.3 Å². The summed E-state index contributed by atoms with van der Waals surface area (Å²) in [6.07, 6.45) is 5.84. The van der Waals surface area contributed by atoms with Crippen LogP contribution in [0, 0.1) is 0 Å². The Balaban J connectivity index is 1.98. The Morgan fingerprint density at radius 1 is 1.23 bits per heavy atom. The molecule has 0 N–H and O–H groups in total. The number of thioether (sulfide) groups is 1. The van der Waals surface area contributed by atoms with Gasteiger partial charge in [-0.1, -0.05) is 30.1 Å². The van der Waals surface area contributed by atoms with E-state index >= 15 is 0 Å². The van der Waals surface area contributed by atoms with Crippen LogP contribution in [-0.2, 0) is 4.79 Å². The monoisotopic (exact) mass is 390 g/mol. The van der Waals surface area contributed by atoms with Crippen LogP contribution in [0.4, 0.5) is 5.69 Å². The molecule has 2 fully saturated rings. The molecule has 0 bridgehead atoms. The van der Waals surface area contributed by atoms with E-state index in [4.69, 9.17) is 21.7 Å². The van der Waals surface area contributed by atoms with E-state index in [1.165, 1.54) is 24.6 Å². The predicted octanol–water partition coefficient (Wildman–Crippen LogP) is 3.69. The van der Waals surface area contributed by atoms with Gasteiger partial charge in [-0.2, -0.15) is 0 Å². The van der Waals surface area contributed by atoms with Crippen molar-refractivity contribution >= 4 is 46.0 Å². The molecule has 2 saturated heterocycles. The molecule has 26 heavy (non-hydrogen) atoms. The number of hydrogen-bond donors (Lipinski definition) is 0. The number of carbonyl (C=O) groups is 1. The fraction of sp³-hybridized carbons (Fsp3) is 0.368. The molecule has 0 aromatic heterocycles. The van der Waals surface area contributed by atoms with E-state index < -0.39 is 0 Å². The third kappa shape index (κ3) is 3.59. The van der Waals surface area contributed by atoms with Crippen LogP contribution in [0.5, 0.6) is 11.5 Å². The molecule has 1 amide bonds. The number of methoxy groups -OCH3 is 2. The Morgan fingerprint density at radius 2 is 1.92 bits per heavy atom. The van der Waals surface area contributed by atoms with Crippen LogP contribution in [0.1, 0.15) is 18.4 Å². The van der Waals surface area contributed by atoms with Gasteiger partial charge in [0.25, 0.3) is 5.91 Å². The Morgan fingerprint density at radius 3 is 2.54 bits per heavy atom. The lowest BCUT2D eigenvalue weighted by Crippen LogP contribution is -2.27. The summed E-state index contributed by atoms with van der Waals surface area (Å²) in [5.74, 6) is 1.38. The standard InChI is InChI=1S/C19H22N2O3S2/c1-4-7-21-18(22)17(26-19(21)25)11-13-10-16(24-3)14(12-15(13)23-2)20-8-5-6-9-20/h4,10-12H,1,5-9H2,2-3H3/b17-11-. The zero-order valence-electron chi connectivity index (χ0n) is 15.0. The van der Waals surface area contributed by atoms with Crippen molar-refractivity contribution in [1.29, 1.82) is 0 Å². The van der Waals surface area contributed by atoms with Gasteiger partial charge in [-0.05, 0) is 25.0 Å². The van der Waals surface area contributed by atoms with Crippen molar-refractivity contribution in [2.24, 2.45) is 0 Å². The molecule has 2 aliphatic rings. The van der Waals surface area contributed by atoms with Crippen molar-refractivity contribution in [3.63, 3.8) is 0 Å². The second-order valence-corrected chi connectivity index (χ2v) is 7.72. The first-order valence-corrected chi connectivity index (χ1v) is 9.68. The number of anilines is 1. The van der Waals surface area contributed by atoms with Crippen molar-refractivity contribution in [1.82, 2.24) is 4.90 Å². The number of amides is 1. The smallest absolute Gasteiger partial charge is 0.266 e. The van der Waals surface area contributed by atoms with Crippen molar-refractivity contribution < 1.29 is 14.3 Å². The third-order valence-electron chi connectivity index (χ3n) is 4.45. The molecule has 0 atom stereocenters. The number of benzene rings is 1. The quantitative estimate of drug-likeness (QED) is 0.419.